The zero-order chi connectivity index (χ0) is 13.8. The van der Waals surface area contributed by atoms with Gasteiger partial charge in [-0.25, -0.2) is 9.78 Å². The fourth-order valence-corrected chi connectivity index (χ4v) is 2.46. The molecule has 0 amide bonds. The minimum Gasteiger partial charge on any atom is -0.477 e. The highest BCUT2D eigenvalue weighted by molar-refractivity contribution is 5.85. The minimum atomic E-state index is -0.983. The van der Waals surface area contributed by atoms with Gasteiger partial charge in [0.05, 0.1) is 11.8 Å². The van der Waals surface area contributed by atoms with Gasteiger partial charge in [0.15, 0.2) is 0 Å². The third-order valence-electron chi connectivity index (χ3n) is 3.69. The van der Waals surface area contributed by atoms with Crippen molar-refractivity contribution in [2.24, 2.45) is 5.92 Å². The van der Waals surface area contributed by atoms with Crippen LogP contribution in [0.15, 0.2) is 18.2 Å². The van der Waals surface area contributed by atoms with Crippen molar-refractivity contribution in [1.29, 1.82) is 0 Å². The Hall–Kier alpha value is -1.46. The third kappa shape index (κ3) is 3.52. The number of carboxylic acid groups (broad SMARTS) is 1. The monoisotopic (exact) mass is 264 g/mol. The molecule has 5 heteroatoms. The molecule has 5 nitrogen and oxygen atoms in total. The summed E-state index contributed by atoms with van der Waals surface area (Å²) in [6, 6.07) is 5.13. The molecule has 2 rings (SSSR count). The number of pyridine rings is 1. The lowest BCUT2D eigenvalue weighted by Gasteiger charge is -2.36. The fraction of sp³-hybridized carbons (Fsp3) is 0.571. The Bertz CT molecular complexity index is 450. The molecule has 1 fully saturated rings. The van der Waals surface area contributed by atoms with Crippen molar-refractivity contribution in [1.82, 2.24) is 9.88 Å². The molecule has 2 atom stereocenters. The average molecular weight is 264 g/mol. The number of rotatable bonds is 4. The van der Waals surface area contributed by atoms with Gasteiger partial charge in [-0.05, 0) is 31.0 Å². The number of likely N-dealkylation sites (tertiary alicyclic amines) is 1. The predicted octanol–water partition coefficient (Wildman–Crippen LogP) is 1.64. The molecule has 104 valence electrons. The van der Waals surface area contributed by atoms with E-state index in [2.05, 4.69) is 16.8 Å². The van der Waals surface area contributed by atoms with Crippen molar-refractivity contribution in [2.75, 3.05) is 20.2 Å². The number of piperidine rings is 1. The van der Waals surface area contributed by atoms with E-state index < -0.39 is 5.97 Å². The first-order chi connectivity index (χ1) is 9.10. The highest BCUT2D eigenvalue weighted by atomic mass is 16.5. The second kappa shape index (κ2) is 6.12. The Balaban J connectivity index is 2.01. The van der Waals surface area contributed by atoms with Crippen molar-refractivity contribution < 1.29 is 14.6 Å². The molecule has 0 aromatic carbocycles. The normalized spacial score (nSPS) is 24.3. The molecule has 1 N–H and O–H groups in total. The Morgan fingerprint density at radius 3 is 3.05 bits per heavy atom. The topological polar surface area (TPSA) is 62.7 Å². The molecular formula is C14H20N2O3. The van der Waals surface area contributed by atoms with Gasteiger partial charge in [-0.3, -0.25) is 4.90 Å². The van der Waals surface area contributed by atoms with Crippen LogP contribution in [-0.4, -0.2) is 47.3 Å². The maximum Gasteiger partial charge on any atom is 0.354 e. The summed E-state index contributed by atoms with van der Waals surface area (Å²) in [4.78, 5) is 17.3. The number of carbonyl (C=O) groups is 1. The maximum absolute atomic E-state index is 10.9. The standard InChI is InChI=1S/C14H20N2O3/c1-10-6-7-16(9-13(10)19-2)8-11-4-3-5-12(15-11)14(17)18/h3-5,10,13H,6-9H2,1-2H3,(H,17,18). The van der Waals surface area contributed by atoms with E-state index in [0.717, 1.165) is 25.2 Å². The van der Waals surface area contributed by atoms with E-state index in [-0.39, 0.29) is 11.8 Å². The maximum atomic E-state index is 10.9. The molecule has 0 aliphatic carbocycles. The number of aromatic carboxylic acids is 1. The summed E-state index contributed by atoms with van der Waals surface area (Å²) >= 11 is 0. The Morgan fingerprint density at radius 1 is 1.58 bits per heavy atom. The van der Waals surface area contributed by atoms with Crippen molar-refractivity contribution in [2.45, 2.75) is 26.0 Å². The van der Waals surface area contributed by atoms with Gasteiger partial charge in [0.25, 0.3) is 0 Å². The molecular weight excluding hydrogens is 244 g/mol. The third-order valence-corrected chi connectivity index (χ3v) is 3.69. The predicted molar refractivity (Wildman–Crippen MR) is 71.1 cm³/mol. The zero-order valence-electron chi connectivity index (χ0n) is 11.4. The van der Waals surface area contributed by atoms with E-state index in [9.17, 15) is 4.79 Å². The number of nitrogens with zero attached hydrogens (tertiary/aromatic N) is 2. The van der Waals surface area contributed by atoms with Gasteiger partial charge in [-0.1, -0.05) is 13.0 Å². The largest absolute Gasteiger partial charge is 0.477 e. The van der Waals surface area contributed by atoms with Crippen LogP contribution in [0, 0.1) is 5.92 Å². The summed E-state index contributed by atoms with van der Waals surface area (Å²) in [5.41, 5.74) is 0.899. The summed E-state index contributed by atoms with van der Waals surface area (Å²) in [7, 11) is 1.74. The molecule has 2 heterocycles. The Morgan fingerprint density at radius 2 is 2.37 bits per heavy atom. The summed E-state index contributed by atoms with van der Waals surface area (Å²) < 4.78 is 5.48. The Kier molecular flexibility index (Phi) is 4.50. The van der Waals surface area contributed by atoms with Gasteiger partial charge >= 0.3 is 5.97 Å². The van der Waals surface area contributed by atoms with Crippen molar-refractivity contribution in [3.63, 3.8) is 0 Å². The molecule has 19 heavy (non-hydrogen) atoms. The first-order valence-electron chi connectivity index (χ1n) is 6.54. The summed E-state index contributed by atoms with van der Waals surface area (Å²) in [6.07, 6.45) is 1.34. The Labute approximate surface area is 113 Å². The van der Waals surface area contributed by atoms with Gasteiger partial charge in [0, 0.05) is 20.2 Å². The van der Waals surface area contributed by atoms with Crippen LogP contribution in [0.5, 0.6) is 0 Å². The molecule has 0 spiro atoms. The van der Waals surface area contributed by atoms with E-state index in [0.29, 0.717) is 12.5 Å². The van der Waals surface area contributed by atoms with Gasteiger partial charge in [0.2, 0.25) is 0 Å². The van der Waals surface area contributed by atoms with Crippen molar-refractivity contribution in [3.8, 4) is 0 Å². The van der Waals surface area contributed by atoms with Gasteiger partial charge in [-0.2, -0.15) is 0 Å². The van der Waals surface area contributed by atoms with Crippen LogP contribution in [0.25, 0.3) is 0 Å². The average Bonchev–Trinajstić information content (AvgIpc) is 2.41. The van der Waals surface area contributed by atoms with Crippen molar-refractivity contribution in [3.05, 3.63) is 29.6 Å². The summed E-state index contributed by atoms with van der Waals surface area (Å²) in [5, 5.41) is 8.93. The van der Waals surface area contributed by atoms with Crippen LogP contribution in [0.2, 0.25) is 0 Å². The van der Waals surface area contributed by atoms with Gasteiger partial charge in [-0.15, -0.1) is 0 Å². The highest BCUT2D eigenvalue weighted by Crippen LogP contribution is 2.20. The minimum absolute atomic E-state index is 0.103. The van der Waals surface area contributed by atoms with E-state index in [1.807, 2.05) is 6.07 Å². The molecule has 1 aromatic heterocycles. The van der Waals surface area contributed by atoms with E-state index in [1.54, 1.807) is 13.2 Å². The number of ether oxygens (including phenoxy) is 1. The number of methoxy groups -OCH3 is 1. The molecule has 2 unspecified atom stereocenters. The quantitative estimate of drug-likeness (QED) is 0.895. The molecule has 0 saturated carbocycles. The second-order valence-electron chi connectivity index (χ2n) is 5.09. The van der Waals surface area contributed by atoms with E-state index in [1.165, 1.54) is 6.07 Å². The highest BCUT2D eigenvalue weighted by Gasteiger charge is 2.26. The first kappa shape index (κ1) is 14.0. The number of aromatic nitrogens is 1. The van der Waals surface area contributed by atoms with Crippen molar-refractivity contribution >= 4 is 5.97 Å². The molecule has 1 aromatic rings. The SMILES string of the molecule is COC1CN(Cc2cccc(C(=O)O)n2)CCC1C. The smallest absolute Gasteiger partial charge is 0.354 e. The first-order valence-corrected chi connectivity index (χ1v) is 6.54. The molecule has 1 aliphatic heterocycles. The summed E-state index contributed by atoms with van der Waals surface area (Å²) in [5.74, 6) is -0.413. The molecule has 1 aliphatic rings. The molecule has 0 bridgehead atoms. The van der Waals surface area contributed by atoms with Gasteiger partial charge < -0.3 is 9.84 Å². The zero-order valence-corrected chi connectivity index (χ0v) is 11.4. The number of carboxylic acids is 1. The van der Waals surface area contributed by atoms with Crippen LogP contribution in [0.1, 0.15) is 29.5 Å². The lowest BCUT2D eigenvalue weighted by atomic mass is 9.96. The van der Waals surface area contributed by atoms with Crippen LogP contribution in [-0.2, 0) is 11.3 Å². The molecule has 1 saturated heterocycles. The van der Waals surface area contributed by atoms with Crippen LogP contribution < -0.4 is 0 Å². The second-order valence-corrected chi connectivity index (χ2v) is 5.09. The summed E-state index contributed by atoms with van der Waals surface area (Å²) in [6.45, 7) is 4.75. The fourth-order valence-electron chi connectivity index (χ4n) is 2.46. The van der Waals surface area contributed by atoms with Crippen LogP contribution >= 0.6 is 0 Å². The van der Waals surface area contributed by atoms with Gasteiger partial charge in [0.1, 0.15) is 5.69 Å². The lowest BCUT2D eigenvalue weighted by molar-refractivity contribution is -0.00781. The lowest BCUT2D eigenvalue weighted by Crippen LogP contribution is -2.43. The van der Waals surface area contributed by atoms with Crippen LogP contribution in [0.4, 0.5) is 0 Å². The molecule has 0 radical (unpaired) electrons. The number of hydrogen-bond donors (Lipinski definition) is 1. The number of hydrogen-bond acceptors (Lipinski definition) is 4. The van der Waals surface area contributed by atoms with Crippen LogP contribution in [0.3, 0.4) is 0 Å². The van der Waals surface area contributed by atoms with E-state index in [4.69, 9.17) is 9.84 Å². The van der Waals surface area contributed by atoms with E-state index >= 15 is 0 Å².